The summed E-state index contributed by atoms with van der Waals surface area (Å²) in [6.45, 7) is 8.21. The lowest BCUT2D eigenvalue weighted by atomic mass is 9.96. The Hall–Kier alpha value is -3.02. The molecule has 0 atom stereocenters. The number of nitrogens with one attached hydrogen (secondary N) is 1. The van der Waals surface area contributed by atoms with E-state index in [9.17, 15) is 4.79 Å². The van der Waals surface area contributed by atoms with E-state index in [-0.39, 0.29) is 5.91 Å². The second-order valence-electron chi connectivity index (χ2n) is 7.31. The first-order chi connectivity index (χ1) is 12.3. The molecule has 3 rings (SSSR count). The van der Waals surface area contributed by atoms with Crippen LogP contribution in [0.15, 0.2) is 48.8 Å². The highest BCUT2D eigenvalue weighted by Crippen LogP contribution is 2.22. The molecule has 134 valence electrons. The van der Waals surface area contributed by atoms with E-state index in [1.807, 2.05) is 32.9 Å². The van der Waals surface area contributed by atoms with Gasteiger partial charge in [0.2, 0.25) is 5.95 Å². The van der Waals surface area contributed by atoms with E-state index >= 15 is 0 Å². The average molecular weight is 349 g/mol. The van der Waals surface area contributed by atoms with Crippen molar-refractivity contribution in [3.05, 3.63) is 59.9 Å². The molecule has 0 spiro atoms. The standard InChI is InChI=1S/C20H23N5O/c1-14-7-9-15(10-8-14)12-22-19-23-17(16-6-5-11-21-13-16)24-25(19)18(26)20(2,3)4/h5-11,13H,12H2,1-4H3,(H,22,23,24). The summed E-state index contributed by atoms with van der Waals surface area (Å²) < 4.78 is 1.36. The lowest BCUT2D eigenvalue weighted by Crippen LogP contribution is -2.29. The van der Waals surface area contributed by atoms with Crippen LogP contribution in [0, 0.1) is 12.3 Å². The minimum atomic E-state index is -0.569. The van der Waals surface area contributed by atoms with Gasteiger partial charge < -0.3 is 5.32 Å². The molecule has 0 saturated carbocycles. The Bertz CT molecular complexity index is 892. The molecular formula is C20H23N5O. The van der Waals surface area contributed by atoms with Crippen molar-refractivity contribution in [1.82, 2.24) is 19.7 Å². The van der Waals surface area contributed by atoms with Gasteiger partial charge in [0.25, 0.3) is 5.91 Å². The molecule has 3 aromatic rings. The van der Waals surface area contributed by atoms with Crippen molar-refractivity contribution in [2.24, 2.45) is 5.41 Å². The number of anilines is 1. The Labute approximate surface area is 153 Å². The van der Waals surface area contributed by atoms with Crippen LogP contribution in [0.25, 0.3) is 11.4 Å². The Balaban J connectivity index is 1.92. The van der Waals surface area contributed by atoms with Crippen LogP contribution in [0.1, 0.15) is 36.7 Å². The van der Waals surface area contributed by atoms with Gasteiger partial charge in [-0.3, -0.25) is 9.78 Å². The maximum Gasteiger partial charge on any atom is 0.255 e. The zero-order chi connectivity index (χ0) is 18.7. The van der Waals surface area contributed by atoms with Crippen molar-refractivity contribution in [1.29, 1.82) is 0 Å². The van der Waals surface area contributed by atoms with E-state index in [1.165, 1.54) is 10.2 Å². The third kappa shape index (κ3) is 3.96. The summed E-state index contributed by atoms with van der Waals surface area (Å²) in [6, 6.07) is 11.9. The molecule has 6 heteroatoms. The second kappa shape index (κ2) is 7.07. The van der Waals surface area contributed by atoms with Gasteiger partial charge in [-0.2, -0.15) is 9.67 Å². The number of pyridine rings is 1. The molecule has 0 saturated heterocycles. The molecule has 6 nitrogen and oxygen atoms in total. The van der Waals surface area contributed by atoms with E-state index in [2.05, 4.69) is 51.6 Å². The smallest absolute Gasteiger partial charge is 0.255 e. The molecule has 1 N–H and O–H groups in total. The van der Waals surface area contributed by atoms with Crippen LogP contribution in [0.4, 0.5) is 5.95 Å². The van der Waals surface area contributed by atoms with Gasteiger partial charge in [0.15, 0.2) is 5.82 Å². The Morgan fingerprint density at radius 1 is 1.15 bits per heavy atom. The number of carbonyl (C=O) groups excluding carboxylic acids is 1. The topological polar surface area (TPSA) is 72.7 Å². The maximum absolute atomic E-state index is 12.8. The molecule has 0 fully saturated rings. The molecule has 0 unspecified atom stereocenters. The largest absolute Gasteiger partial charge is 0.350 e. The van der Waals surface area contributed by atoms with Gasteiger partial charge in [-0.1, -0.05) is 50.6 Å². The molecule has 0 aliphatic carbocycles. The van der Waals surface area contributed by atoms with Gasteiger partial charge in [-0.15, -0.1) is 5.10 Å². The van der Waals surface area contributed by atoms with E-state index < -0.39 is 5.41 Å². The average Bonchev–Trinajstić information content (AvgIpc) is 3.04. The molecule has 0 aliphatic heterocycles. The fraction of sp³-hybridized carbons (Fsp3) is 0.300. The number of rotatable bonds is 4. The van der Waals surface area contributed by atoms with Crippen molar-refractivity contribution in [3.63, 3.8) is 0 Å². The second-order valence-corrected chi connectivity index (χ2v) is 7.31. The molecule has 0 bridgehead atoms. The summed E-state index contributed by atoms with van der Waals surface area (Å²) in [4.78, 5) is 21.4. The number of aromatic nitrogens is 4. The molecule has 2 heterocycles. The first-order valence-electron chi connectivity index (χ1n) is 8.56. The van der Waals surface area contributed by atoms with Crippen molar-refractivity contribution in [3.8, 4) is 11.4 Å². The third-order valence-corrected chi connectivity index (χ3v) is 3.93. The minimum absolute atomic E-state index is 0.119. The number of benzene rings is 1. The summed E-state index contributed by atoms with van der Waals surface area (Å²) in [5.41, 5.74) is 2.52. The van der Waals surface area contributed by atoms with Crippen LogP contribution in [0.5, 0.6) is 0 Å². The van der Waals surface area contributed by atoms with Crippen molar-refractivity contribution < 1.29 is 4.79 Å². The number of aryl methyl sites for hydroxylation is 1. The van der Waals surface area contributed by atoms with Crippen molar-refractivity contribution in [2.75, 3.05) is 5.32 Å². The molecular weight excluding hydrogens is 326 g/mol. The van der Waals surface area contributed by atoms with Gasteiger partial charge in [0, 0.05) is 29.9 Å². The van der Waals surface area contributed by atoms with Crippen LogP contribution < -0.4 is 5.32 Å². The zero-order valence-electron chi connectivity index (χ0n) is 15.5. The van der Waals surface area contributed by atoms with Gasteiger partial charge in [-0.25, -0.2) is 0 Å². The SMILES string of the molecule is Cc1ccc(CNc2nc(-c3cccnc3)nn2C(=O)C(C)(C)C)cc1. The fourth-order valence-electron chi connectivity index (χ4n) is 2.39. The number of hydrogen-bond acceptors (Lipinski definition) is 5. The molecule has 2 aromatic heterocycles. The monoisotopic (exact) mass is 349 g/mol. The summed E-state index contributed by atoms with van der Waals surface area (Å²) >= 11 is 0. The van der Waals surface area contributed by atoms with Crippen LogP contribution >= 0.6 is 0 Å². The molecule has 0 amide bonds. The van der Waals surface area contributed by atoms with E-state index in [0.717, 1.165) is 11.1 Å². The summed E-state index contributed by atoms with van der Waals surface area (Å²) in [6.07, 6.45) is 3.38. The summed E-state index contributed by atoms with van der Waals surface area (Å²) in [5.74, 6) is 0.790. The highest BCUT2D eigenvalue weighted by atomic mass is 16.2. The number of carbonyl (C=O) groups is 1. The molecule has 0 aliphatic rings. The Kier molecular flexibility index (Phi) is 4.84. The summed E-state index contributed by atoms with van der Waals surface area (Å²) in [7, 11) is 0. The van der Waals surface area contributed by atoms with Crippen LogP contribution in [0.2, 0.25) is 0 Å². The van der Waals surface area contributed by atoms with Crippen molar-refractivity contribution in [2.45, 2.75) is 34.2 Å². The van der Waals surface area contributed by atoms with Gasteiger partial charge in [0.05, 0.1) is 0 Å². The first-order valence-corrected chi connectivity index (χ1v) is 8.56. The van der Waals surface area contributed by atoms with Crippen LogP contribution in [-0.2, 0) is 6.54 Å². The normalized spacial score (nSPS) is 11.4. The highest BCUT2D eigenvalue weighted by Gasteiger charge is 2.27. The van der Waals surface area contributed by atoms with Gasteiger partial charge in [-0.05, 0) is 24.6 Å². The van der Waals surface area contributed by atoms with Crippen molar-refractivity contribution >= 4 is 11.9 Å². The van der Waals surface area contributed by atoms with Gasteiger partial charge in [0.1, 0.15) is 0 Å². The zero-order valence-corrected chi connectivity index (χ0v) is 15.5. The van der Waals surface area contributed by atoms with Gasteiger partial charge >= 0.3 is 0 Å². The van der Waals surface area contributed by atoms with Crippen LogP contribution in [0.3, 0.4) is 0 Å². The molecule has 1 aromatic carbocycles. The quantitative estimate of drug-likeness (QED) is 0.772. The molecule has 0 radical (unpaired) electrons. The third-order valence-electron chi connectivity index (χ3n) is 3.93. The van der Waals surface area contributed by atoms with E-state index in [1.54, 1.807) is 12.4 Å². The number of hydrogen-bond donors (Lipinski definition) is 1. The van der Waals surface area contributed by atoms with E-state index in [0.29, 0.717) is 18.3 Å². The summed E-state index contributed by atoms with van der Waals surface area (Å²) in [5, 5.41) is 7.67. The fourth-order valence-corrected chi connectivity index (χ4v) is 2.39. The highest BCUT2D eigenvalue weighted by molar-refractivity contribution is 5.86. The predicted molar refractivity (Wildman–Crippen MR) is 102 cm³/mol. The molecule has 26 heavy (non-hydrogen) atoms. The van der Waals surface area contributed by atoms with E-state index in [4.69, 9.17) is 0 Å². The predicted octanol–water partition coefficient (Wildman–Crippen LogP) is 3.95. The van der Waals surface area contributed by atoms with Crippen LogP contribution in [-0.4, -0.2) is 25.7 Å². The maximum atomic E-state index is 12.8. The first kappa shape index (κ1) is 17.8. The Morgan fingerprint density at radius 2 is 1.88 bits per heavy atom. The number of nitrogens with zero attached hydrogens (tertiary/aromatic N) is 4. The Morgan fingerprint density at radius 3 is 2.50 bits per heavy atom. The lowest BCUT2D eigenvalue weighted by molar-refractivity contribution is 0.0752. The lowest BCUT2D eigenvalue weighted by Gasteiger charge is -2.17. The minimum Gasteiger partial charge on any atom is -0.350 e.